The summed E-state index contributed by atoms with van der Waals surface area (Å²) in [6.07, 6.45) is -9.96. The molecule has 1 aliphatic rings. The van der Waals surface area contributed by atoms with Gasteiger partial charge in [-0.3, -0.25) is 4.79 Å². The molecule has 0 aliphatic carbocycles. The number of rotatable bonds is 9. The van der Waals surface area contributed by atoms with Crippen molar-refractivity contribution in [2.45, 2.75) is 49.8 Å². The normalized spacial score (nSPS) is 27.3. The molecule has 0 saturated carbocycles. The average molecular weight is 379 g/mol. The lowest BCUT2D eigenvalue weighted by Crippen LogP contribution is -2.57. The highest BCUT2D eigenvalue weighted by molar-refractivity contribution is 5.84. The number of nitrogens with one attached hydrogen (secondary N) is 1. The van der Waals surface area contributed by atoms with Gasteiger partial charge in [-0.25, -0.2) is 4.79 Å². The van der Waals surface area contributed by atoms with Crippen LogP contribution in [0.3, 0.4) is 0 Å². The van der Waals surface area contributed by atoms with Crippen LogP contribution in [0.1, 0.15) is 6.92 Å². The molecule has 0 aromatic carbocycles. The summed E-state index contributed by atoms with van der Waals surface area (Å²) in [5, 5.41) is 59.6. The largest absolute Gasteiger partial charge is 0.475 e. The Labute approximate surface area is 147 Å². The molecule has 7 atom stereocenters. The molecule has 1 amide bonds. The third-order valence-corrected chi connectivity index (χ3v) is 3.48. The van der Waals surface area contributed by atoms with E-state index in [0.717, 1.165) is 6.92 Å². The second-order valence-electron chi connectivity index (χ2n) is 5.51. The zero-order valence-corrected chi connectivity index (χ0v) is 13.6. The minimum atomic E-state index is -1.90. The number of carboxylic acid groups (broad SMARTS) is 1. The van der Waals surface area contributed by atoms with Gasteiger partial charge in [-0.05, 0) is 6.08 Å². The highest BCUT2D eigenvalue weighted by Crippen LogP contribution is 2.23. The molecule has 148 valence electrons. The molecule has 0 bridgehead atoms. The van der Waals surface area contributed by atoms with E-state index in [1.807, 2.05) is 0 Å². The SMILES string of the molecule is CC(=O)N[C@H](C=O)[C@H](O)[C@H](O[C@@H]1OC(C(=O)O)=C[C@H](O)[C@H]1O)[C@H](O)CO. The third kappa shape index (κ3) is 5.45. The molecule has 12 heteroatoms. The molecule has 12 nitrogen and oxygen atoms in total. The van der Waals surface area contributed by atoms with Gasteiger partial charge in [0.2, 0.25) is 18.0 Å². The monoisotopic (exact) mass is 379 g/mol. The first-order chi connectivity index (χ1) is 12.1. The fraction of sp³-hybridized carbons (Fsp3) is 0.643. The van der Waals surface area contributed by atoms with Gasteiger partial charge in [-0.1, -0.05) is 0 Å². The minimum absolute atomic E-state index is 0.155. The van der Waals surface area contributed by atoms with Gasteiger partial charge in [0, 0.05) is 6.92 Å². The van der Waals surface area contributed by atoms with E-state index in [-0.39, 0.29) is 6.29 Å². The Kier molecular flexibility index (Phi) is 8.08. The molecule has 1 heterocycles. The third-order valence-electron chi connectivity index (χ3n) is 3.48. The van der Waals surface area contributed by atoms with Crippen LogP contribution in [0.15, 0.2) is 11.8 Å². The summed E-state index contributed by atoms with van der Waals surface area (Å²) in [7, 11) is 0. The lowest BCUT2D eigenvalue weighted by Gasteiger charge is -2.36. The number of aldehydes is 1. The van der Waals surface area contributed by atoms with Crippen molar-refractivity contribution in [3.8, 4) is 0 Å². The summed E-state index contributed by atoms with van der Waals surface area (Å²) in [5.41, 5.74) is 0. The van der Waals surface area contributed by atoms with Crippen LogP contribution in [-0.2, 0) is 23.9 Å². The number of ether oxygens (including phenoxy) is 2. The molecule has 0 unspecified atom stereocenters. The Morgan fingerprint density at radius 1 is 1.38 bits per heavy atom. The predicted octanol–water partition coefficient (Wildman–Crippen LogP) is -4.16. The van der Waals surface area contributed by atoms with E-state index in [9.17, 15) is 34.8 Å². The van der Waals surface area contributed by atoms with Crippen molar-refractivity contribution in [3.63, 3.8) is 0 Å². The van der Waals surface area contributed by atoms with E-state index in [2.05, 4.69) is 5.32 Å². The first-order valence-electron chi connectivity index (χ1n) is 7.45. The summed E-state index contributed by atoms with van der Waals surface area (Å²) in [6, 6.07) is -1.54. The number of aliphatic hydroxyl groups excluding tert-OH is 5. The number of aliphatic carboxylic acids is 1. The highest BCUT2D eigenvalue weighted by Gasteiger charge is 2.42. The smallest absolute Gasteiger partial charge is 0.371 e. The van der Waals surface area contributed by atoms with E-state index in [1.165, 1.54) is 0 Å². The van der Waals surface area contributed by atoms with Crippen LogP contribution >= 0.6 is 0 Å². The van der Waals surface area contributed by atoms with E-state index in [4.69, 9.17) is 19.7 Å². The Morgan fingerprint density at radius 3 is 2.46 bits per heavy atom. The first-order valence-corrected chi connectivity index (χ1v) is 7.45. The molecule has 1 rings (SSSR count). The zero-order valence-electron chi connectivity index (χ0n) is 13.6. The highest BCUT2D eigenvalue weighted by atomic mass is 16.7. The van der Waals surface area contributed by atoms with Gasteiger partial charge >= 0.3 is 5.97 Å². The fourth-order valence-electron chi connectivity index (χ4n) is 2.18. The Morgan fingerprint density at radius 2 is 2.00 bits per heavy atom. The van der Waals surface area contributed by atoms with E-state index in [1.54, 1.807) is 0 Å². The first kappa shape index (κ1) is 22.0. The lowest BCUT2D eigenvalue weighted by molar-refractivity contribution is -0.256. The van der Waals surface area contributed by atoms with Gasteiger partial charge in [-0.2, -0.15) is 0 Å². The van der Waals surface area contributed by atoms with Gasteiger partial charge in [0.05, 0.1) is 6.61 Å². The van der Waals surface area contributed by atoms with Crippen molar-refractivity contribution in [1.82, 2.24) is 5.32 Å². The van der Waals surface area contributed by atoms with Crippen LogP contribution in [-0.4, -0.2) is 98.3 Å². The Balaban J connectivity index is 3.03. The van der Waals surface area contributed by atoms with Crippen LogP contribution in [0, 0.1) is 0 Å². The second-order valence-corrected chi connectivity index (χ2v) is 5.51. The Bertz CT molecular complexity index is 551. The quantitative estimate of drug-likeness (QED) is 0.191. The summed E-state index contributed by atoms with van der Waals surface area (Å²) in [4.78, 5) is 33.1. The van der Waals surface area contributed by atoms with Crippen LogP contribution in [0.2, 0.25) is 0 Å². The van der Waals surface area contributed by atoms with E-state index in [0.29, 0.717) is 6.08 Å². The maximum absolute atomic E-state index is 11.1. The van der Waals surface area contributed by atoms with Gasteiger partial charge < -0.3 is 50.2 Å². The summed E-state index contributed by atoms with van der Waals surface area (Å²) in [6.45, 7) is 0.121. The van der Waals surface area contributed by atoms with Crippen molar-refractivity contribution in [2.24, 2.45) is 0 Å². The topological polar surface area (TPSA) is 203 Å². The van der Waals surface area contributed by atoms with Crippen LogP contribution < -0.4 is 5.32 Å². The lowest BCUT2D eigenvalue weighted by atomic mass is 10.0. The van der Waals surface area contributed by atoms with Crippen molar-refractivity contribution in [3.05, 3.63) is 11.8 Å². The van der Waals surface area contributed by atoms with Gasteiger partial charge in [-0.15, -0.1) is 0 Å². The van der Waals surface area contributed by atoms with Crippen molar-refractivity contribution >= 4 is 18.2 Å². The van der Waals surface area contributed by atoms with E-state index < -0.39 is 67.1 Å². The maximum atomic E-state index is 11.1. The van der Waals surface area contributed by atoms with Crippen LogP contribution in [0.25, 0.3) is 0 Å². The number of carboxylic acids is 1. The molecule has 0 spiro atoms. The zero-order chi connectivity index (χ0) is 20.0. The molecular formula is C14H21NO11. The molecule has 0 radical (unpaired) electrons. The second kappa shape index (κ2) is 9.56. The number of aliphatic hydroxyl groups is 5. The summed E-state index contributed by atoms with van der Waals surface area (Å²) >= 11 is 0. The number of hydrogen-bond acceptors (Lipinski definition) is 10. The van der Waals surface area contributed by atoms with Gasteiger partial charge in [0.25, 0.3) is 0 Å². The molecule has 26 heavy (non-hydrogen) atoms. The summed E-state index contributed by atoms with van der Waals surface area (Å²) < 4.78 is 9.98. The standard InChI is InChI=1S/C14H21NO11/c1-5(18)15-6(3-16)10(21)12(8(20)4-17)26-14-11(22)7(19)2-9(25-14)13(23)24/h2-3,6-8,10-12,14,17,19-22H,4H2,1H3,(H,15,18)(H,23,24)/t6-,7+,8-,10+,11-,12-,14+/m1/s1. The number of carbonyl (C=O) groups excluding carboxylic acids is 2. The molecule has 0 fully saturated rings. The molecule has 0 aromatic heterocycles. The van der Waals surface area contributed by atoms with Gasteiger partial charge in [0.1, 0.15) is 42.8 Å². The minimum Gasteiger partial charge on any atom is -0.475 e. The van der Waals surface area contributed by atoms with E-state index >= 15 is 0 Å². The van der Waals surface area contributed by atoms with Crippen LogP contribution in [0.4, 0.5) is 0 Å². The molecule has 1 aliphatic heterocycles. The van der Waals surface area contributed by atoms with Crippen molar-refractivity contribution in [1.29, 1.82) is 0 Å². The molecular weight excluding hydrogens is 358 g/mol. The number of hydrogen-bond donors (Lipinski definition) is 7. The average Bonchev–Trinajstić information content (AvgIpc) is 2.59. The maximum Gasteiger partial charge on any atom is 0.371 e. The van der Waals surface area contributed by atoms with Crippen molar-refractivity contribution in [2.75, 3.05) is 6.61 Å². The molecule has 7 N–H and O–H groups in total. The number of amides is 1. The number of carbonyl (C=O) groups is 3. The fourth-order valence-corrected chi connectivity index (χ4v) is 2.18. The Hall–Kier alpha value is -2.09. The van der Waals surface area contributed by atoms with Crippen molar-refractivity contribution < 1.29 is 54.5 Å². The molecule has 0 saturated heterocycles. The van der Waals surface area contributed by atoms with Gasteiger partial charge in [0.15, 0.2) is 0 Å². The predicted molar refractivity (Wildman–Crippen MR) is 80.2 cm³/mol. The van der Waals surface area contributed by atoms with Crippen LogP contribution in [0.5, 0.6) is 0 Å². The summed E-state index contributed by atoms with van der Waals surface area (Å²) in [5.74, 6) is -3.01. The molecule has 0 aromatic rings.